The summed E-state index contributed by atoms with van der Waals surface area (Å²) < 4.78 is 0. The molecule has 14 heavy (non-hydrogen) atoms. The fourth-order valence-electron chi connectivity index (χ4n) is 1.37. The highest BCUT2D eigenvalue weighted by Gasteiger charge is 1.99. The summed E-state index contributed by atoms with van der Waals surface area (Å²) in [5.41, 5.74) is 1.30. The molecular weight excluding hydrogens is 176 g/mol. The summed E-state index contributed by atoms with van der Waals surface area (Å²) >= 11 is 0. The normalized spacial score (nSPS) is 14.1. The number of hydrogen-bond donors (Lipinski definition) is 1. The first-order valence-electron chi connectivity index (χ1n) is 5.40. The fraction of sp³-hybridized carbons (Fsp3) is 0.750. The molecule has 0 radical (unpaired) electrons. The molecule has 0 aromatic carbocycles. The highest BCUT2D eigenvalue weighted by molar-refractivity contribution is 5.49. The fourth-order valence-corrected chi connectivity index (χ4v) is 1.37. The van der Waals surface area contributed by atoms with E-state index in [2.05, 4.69) is 19.9 Å². The molecule has 2 nitrogen and oxygen atoms in total. The Balaban J connectivity index is 3.53. The van der Waals surface area contributed by atoms with Crippen LogP contribution >= 0.6 is 0 Å². The predicted molar refractivity (Wildman–Crippen MR) is 59.2 cm³/mol. The minimum atomic E-state index is 0.287. The van der Waals surface area contributed by atoms with Crippen LogP contribution in [0.2, 0.25) is 0 Å². The molecule has 0 saturated heterocycles. The second-order valence-electron chi connectivity index (χ2n) is 3.95. The zero-order chi connectivity index (χ0) is 10.8. The molecular formula is C12H22O2. The van der Waals surface area contributed by atoms with E-state index in [1.54, 1.807) is 0 Å². The van der Waals surface area contributed by atoms with Gasteiger partial charge in [-0.25, -0.2) is 0 Å². The van der Waals surface area contributed by atoms with E-state index in [9.17, 15) is 4.79 Å². The standard InChI is InChI=1S/C12H22O2/c1-11(7-4-9-13)5-3-6-12(2)8-10-14/h5,9,12,14H,3-4,6-8,10H2,1-2H3/b11-5-. The highest BCUT2D eigenvalue weighted by atomic mass is 16.3. The van der Waals surface area contributed by atoms with Gasteiger partial charge in [-0.15, -0.1) is 0 Å². The average molecular weight is 198 g/mol. The average Bonchev–Trinajstić information content (AvgIpc) is 2.15. The lowest BCUT2D eigenvalue weighted by Crippen LogP contribution is -1.97. The van der Waals surface area contributed by atoms with Gasteiger partial charge in [0, 0.05) is 13.0 Å². The van der Waals surface area contributed by atoms with Gasteiger partial charge in [-0.2, -0.15) is 0 Å². The van der Waals surface area contributed by atoms with Gasteiger partial charge in [0.25, 0.3) is 0 Å². The van der Waals surface area contributed by atoms with Crippen LogP contribution in [0.15, 0.2) is 11.6 Å². The van der Waals surface area contributed by atoms with Gasteiger partial charge >= 0.3 is 0 Å². The molecule has 0 amide bonds. The van der Waals surface area contributed by atoms with Crippen molar-refractivity contribution in [2.75, 3.05) is 6.61 Å². The molecule has 82 valence electrons. The number of aliphatic hydroxyl groups excluding tert-OH is 1. The van der Waals surface area contributed by atoms with Crippen LogP contribution < -0.4 is 0 Å². The van der Waals surface area contributed by atoms with Gasteiger partial charge < -0.3 is 9.90 Å². The van der Waals surface area contributed by atoms with E-state index < -0.39 is 0 Å². The van der Waals surface area contributed by atoms with Crippen LogP contribution in [0.4, 0.5) is 0 Å². The van der Waals surface area contributed by atoms with Crippen LogP contribution in [0.25, 0.3) is 0 Å². The van der Waals surface area contributed by atoms with Crippen LogP contribution in [0.1, 0.15) is 46.0 Å². The molecule has 0 fully saturated rings. The van der Waals surface area contributed by atoms with Crippen molar-refractivity contribution in [2.45, 2.75) is 46.0 Å². The molecule has 1 unspecified atom stereocenters. The summed E-state index contributed by atoms with van der Waals surface area (Å²) in [5.74, 6) is 0.593. The number of rotatable bonds is 8. The zero-order valence-corrected chi connectivity index (χ0v) is 9.33. The number of hydrogen-bond acceptors (Lipinski definition) is 2. The second kappa shape index (κ2) is 8.95. The van der Waals surface area contributed by atoms with E-state index in [-0.39, 0.29) is 6.61 Å². The van der Waals surface area contributed by atoms with E-state index in [1.807, 2.05) is 0 Å². The van der Waals surface area contributed by atoms with Gasteiger partial charge in [0.05, 0.1) is 0 Å². The largest absolute Gasteiger partial charge is 0.396 e. The lowest BCUT2D eigenvalue weighted by molar-refractivity contribution is -0.107. The number of aldehydes is 1. The number of aliphatic hydroxyl groups is 1. The minimum absolute atomic E-state index is 0.287. The third kappa shape index (κ3) is 7.99. The van der Waals surface area contributed by atoms with Crippen LogP contribution in [0, 0.1) is 5.92 Å². The van der Waals surface area contributed by atoms with E-state index >= 15 is 0 Å². The molecule has 0 aliphatic heterocycles. The molecule has 0 aromatic rings. The lowest BCUT2D eigenvalue weighted by Gasteiger charge is -2.07. The molecule has 0 aromatic heterocycles. The maximum absolute atomic E-state index is 10.1. The minimum Gasteiger partial charge on any atom is -0.396 e. The van der Waals surface area contributed by atoms with E-state index in [0.29, 0.717) is 12.3 Å². The van der Waals surface area contributed by atoms with Crippen molar-refractivity contribution < 1.29 is 9.90 Å². The van der Waals surface area contributed by atoms with Gasteiger partial charge in [-0.3, -0.25) is 0 Å². The molecule has 0 bridgehead atoms. The van der Waals surface area contributed by atoms with Crippen LogP contribution in [-0.4, -0.2) is 18.0 Å². The molecule has 0 spiro atoms. The van der Waals surface area contributed by atoms with Gasteiger partial charge in [0.15, 0.2) is 0 Å². The Bertz CT molecular complexity index is 173. The number of carbonyl (C=O) groups excluding carboxylic acids is 1. The topological polar surface area (TPSA) is 37.3 Å². The van der Waals surface area contributed by atoms with Crippen LogP contribution in [0.3, 0.4) is 0 Å². The molecule has 0 saturated carbocycles. The van der Waals surface area contributed by atoms with Gasteiger partial charge in [0.2, 0.25) is 0 Å². The second-order valence-corrected chi connectivity index (χ2v) is 3.95. The molecule has 0 heterocycles. The van der Waals surface area contributed by atoms with Crippen molar-refractivity contribution in [1.82, 2.24) is 0 Å². The van der Waals surface area contributed by atoms with Crippen molar-refractivity contribution >= 4 is 6.29 Å². The Morgan fingerprint density at radius 3 is 2.64 bits per heavy atom. The number of carbonyl (C=O) groups is 1. The Labute approximate surface area is 87.0 Å². The van der Waals surface area contributed by atoms with Crippen molar-refractivity contribution in [3.8, 4) is 0 Å². The SMILES string of the molecule is C/C(=C/CCC(C)CCO)CCC=O. The van der Waals surface area contributed by atoms with E-state index in [4.69, 9.17) is 5.11 Å². The Morgan fingerprint density at radius 2 is 2.07 bits per heavy atom. The molecule has 2 heteroatoms. The third-order valence-electron chi connectivity index (χ3n) is 2.43. The lowest BCUT2D eigenvalue weighted by atomic mass is 10.0. The molecule has 0 aliphatic carbocycles. The Morgan fingerprint density at radius 1 is 1.36 bits per heavy atom. The summed E-state index contributed by atoms with van der Waals surface area (Å²) in [5, 5.41) is 8.71. The monoisotopic (exact) mass is 198 g/mol. The summed E-state index contributed by atoms with van der Waals surface area (Å²) in [6, 6.07) is 0. The third-order valence-corrected chi connectivity index (χ3v) is 2.43. The first-order chi connectivity index (χ1) is 6.70. The quantitative estimate of drug-likeness (QED) is 0.481. The Hall–Kier alpha value is -0.630. The van der Waals surface area contributed by atoms with Crippen LogP contribution in [-0.2, 0) is 4.79 Å². The molecule has 0 aliphatic rings. The van der Waals surface area contributed by atoms with Gasteiger partial charge in [-0.05, 0) is 38.5 Å². The van der Waals surface area contributed by atoms with Crippen molar-refractivity contribution in [1.29, 1.82) is 0 Å². The maximum Gasteiger partial charge on any atom is 0.120 e. The van der Waals surface area contributed by atoms with Gasteiger partial charge in [0.1, 0.15) is 6.29 Å². The first-order valence-corrected chi connectivity index (χ1v) is 5.40. The van der Waals surface area contributed by atoms with Crippen molar-refractivity contribution in [2.24, 2.45) is 5.92 Å². The van der Waals surface area contributed by atoms with Crippen molar-refractivity contribution in [3.63, 3.8) is 0 Å². The number of allylic oxidation sites excluding steroid dienone is 2. The first kappa shape index (κ1) is 13.4. The predicted octanol–water partition coefficient (Wildman–Crippen LogP) is 2.71. The molecule has 1 atom stereocenters. The molecule has 0 rings (SSSR count). The summed E-state index contributed by atoms with van der Waals surface area (Å²) in [6.45, 7) is 4.51. The van der Waals surface area contributed by atoms with E-state index in [1.165, 1.54) is 5.57 Å². The van der Waals surface area contributed by atoms with Gasteiger partial charge in [-0.1, -0.05) is 18.6 Å². The molecule has 1 N–H and O–H groups in total. The highest BCUT2D eigenvalue weighted by Crippen LogP contribution is 2.12. The van der Waals surface area contributed by atoms with Crippen LogP contribution in [0.5, 0.6) is 0 Å². The smallest absolute Gasteiger partial charge is 0.120 e. The Kier molecular flexibility index (Phi) is 8.54. The summed E-state index contributed by atoms with van der Waals surface area (Å²) in [7, 11) is 0. The summed E-state index contributed by atoms with van der Waals surface area (Å²) in [6.07, 6.45) is 7.77. The summed E-state index contributed by atoms with van der Waals surface area (Å²) in [4.78, 5) is 10.1. The maximum atomic E-state index is 10.1. The van der Waals surface area contributed by atoms with E-state index in [0.717, 1.165) is 32.0 Å². The zero-order valence-electron chi connectivity index (χ0n) is 9.33. The van der Waals surface area contributed by atoms with Crippen molar-refractivity contribution in [3.05, 3.63) is 11.6 Å².